The van der Waals surface area contributed by atoms with Gasteiger partial charge in [0.25, 0.3) is 0 Å². The Kier molecular flexibility index (Phi) is 8.01. The highest BCUT2D eigenvalue weighted by atomic mass is 31.2. The van der Waals surface area contributed by atoms with Crippen LogP contribution in [0.2, 0.25) is 0 Å². The van der Waals surface area contributed by atoms with Crippen molar-refractivity contribution in [2.75, 3.05) is 12.1 Å². The van der Waals surface area contributed by atoms with Crippen LogP contribution in [0.5, 0.6) is 5.75 Å². The quantitative estimate of drug-likeness (QED) is 0.313. The molecule has 0 spiro atoms. The summed E-state index contributed by atoms with van der Waals surface area (Å²) in [5, 5.41) is 2.78. The van der Waals surface area contributed by atoms with Crippen molar-refractivity contribution >= 4 is 30.5 Å². The lowest BCUT2D eigenvalue weighted by Gasteiger charge is -2.25. The Labute approximate surface area is 192 Å². The summed E-state index contributed by atoms with van der Waals surface area (Å²) in [6.45, 7) is 7.25. The smallest absolute Gasteiger partial charge is 0.342 e. The molecule has 12 heteroatoms. The topological polar surface area (TPSA) is 143 Å². The van der Waals surface area contributed by atoms with Crippen LogP contribution in [0.4, 0.5) is 5.82 Å². The molecule has 178 valence electrons. The Morgan fingerprint density at radius 1 is 1.15 bits per heavy atom. The number of nitrogens with zero attached hydrogens (tertiary/aromatic N) is 4. The minimum absolute atomic E-state index is 0.272. The van der Waals surface area contributed by atoms with E-state index in [0.717, 1.165) is 0 Å². The number of nitrogens with two attached hydrogens (primary N) is 1. The molecule has 0 aliphatic rings. The van der Waals surface area contributed by atoms with E-state index in [9.17, 15) is 9.36 Å². The van der Waals surface area contributed by atoms with Crippen LogP contribution in [0.25, 0.3) is 11.2 Å². The molecule has 3 aromatic rings. The van der Waals surface area contributed by atoms with Crippen LogP contribution in [-0.4, -0.2) is 50.1 Å². The third kappa shape index (κ3) is 6.74. The lowest BCUT2D eigenvalue weighted by molar-refractivity contribution is -0.149. The first kappa shape index (κ1) is 24.6. The van der Waals surface area contributed by atoms with Gasteiger partial charge < -0.3 is 24.3 Å². The highest BCUT2D eigenvalue weighted by Gasteiger charge is 2.32. The minimum Gasteiger partial charge on any atom is -0.462 e. The number of nitrogen functional groups attached to an aromatic ring is 1. The lowest BCUT2D eigenvalue weighted by atomic mass is 10.3. The zero-order valence-corrected chi connectivity index (χ0v) is 19.9. The van der Waals surface area contributed by atoms with Crippen LogP contribution in [0.15, 0.2) is 43.0 Å². The number of imidazole rings is 1. The van der Waals surface area contributed by atoms with E-state index in [2.05, 4.69) is 20.0 Å². The fourth-order valence-electron chi connectivity index (χ4n) is 3.01. The van der Waals surface area contributed by atoms with Gasteiger partial charge in [-0.2, -0.15) is 0 Å². The summed E-state index contributed by atoms with van der Waals surface area (Å²) in [6.07, 6.45) is 2.01. The van der Waals surface area contributed by atoms with Crippen molar-refractivity contribution in [3.8, 4) is 5.75 Å². The molecule has 1 unspecified atom stereocenters. The van der Waals surface area contributed by atoms with Crippen molar-refractivity contribution in [3.63, 3.8) is 0 Å². The van der Waals surface area contributed by atoms with E-state index < -0.39 is 19.5 Å². The molecule has 0 bridgehead atoms. The molecule has 3 N–H and O–H groups in total. The second-order valence-corrected chi connectivity index (χ2v) is 9.89. The van der Waals surface area contributed by atoms with Crippen molar-refractivity contribution in [2.24, 2.45) is 0 Å². The van der Waals surface area contributed by atoms with E-state index >= 15 is 0 Å². The molecule has 0 amide bonds. The SMILES string of the molecule is CC(C)OC(=O)[C@H](C)N[P@](=O)(COC(C)Cn1cnc2c(N)ncnc21)Oc1ccccc1. The normalized spacial score (nSPS) is 15.2. The molecule has 2 aromatic heterocycles. The van der Waals surface area contributed by atoms with Crippen LogP contribution in [0.1, 0.15) is 27.7 Å². The van der Waals surface area contributed by atoms with E-state index in [1.807, 2.05) is 13.0 Å². The first-order valence-corrected chi connectivity index (χ1v) is 12.3. The highest BCUT2D eigenvalue weighted by molar-refractivity contribution is 7.57. The fraction of sp³-hybridized carbons (Fsp3) is 0.429. The molecule has 1 aromatic carbocycles. The van der Waals surface area contributed by atoms with Gasteiger partial charge in [0, 0.05) is 0 Å². The highest BCUT2D eigenvalue weighted by Crippen LogP contribution is 2.44. The Balaban J connectivity index is 1.70. The van der Waals surface area contributed by atoms with Crippen LogP contribution < -0.4 is 15.3 Å². The van der Waals surface area contributed by atoms with Gasteiger partial charge in [0.15, 0.2) is 11.5 Å². The lowest BCUT2D eigenvalue weighted by Crippen LogP contribution is -2.37. The largest absolute Gasteiger partial charge is 0.462 e. The number of fused-ring (bicyclic) bond motifs is 1. The maximum absolute atomic E-state index is 13.6. The van der Waals surface area contributed by atoms with Gasteiger partial charge in [0.05, 0.1) is 25.1 Å². The molecule has 0 saturated carbocycles. The number of ether oxygens (including phenoxy) is 2. The van der Waals surface area contributed by atoms with Gasteiger partial charge in [-0.3, -0.25) is 9.36 Å². The molecule has 0 saturated heterocycles. The predicted octanol–water partition coefficient (Wildman–Crippen LogP) is 2.97. The minimum atomic E-state index is -3.64. The van der Waals surface area contributed by atoms with Gasteiger partial charge in [-0.05, 0) is 39.8 Å². The van der Waals surface area contributed by atoms with Crippen LogP contribution in [0, 0.1) is 0 Å². The Morgan fingerprint density at radius 3 is 2.58 bits per heavy atom. The monoisotopic (exact) mass is 476 g/mol. The van der Waals surface area contributed by atoms with Crippen molar-refractivity contribution in [3.05, 3.63) is 43.0 Å². The zero-order chi connectivity index (χ0) is 24.0. The number of para-hydroxylation sites is 1. The average molecular weight is 476 g/mol. The predicted molar refractivity (Wildman–Crippen MR) is 124 cm³/mol. The van der Waals surface area contributed by atoms with Crippen molar-refractivity contribution in [1.82, 2.24) is 24.6 Å². The molecule has 0 aliphatic carbocycles. The van der Waals surface area contributed by atoms with Crippen LogP contribution >= 0.6 is 7.52 Å². The molecule has 0 fully saturated rings. The third-order valence-corrected chi connectivity index (χ3v) is 6.28. The summed E-state index contributed by atoms with van der Waals surface area (Å²) >= 11 is 0. The number of aromatic nitrogens is 4. The summed E-state index contributed by atoms with van der Waals surface area (Å²) in [4.78, 5) is 24.6. The molecule has 0 radical (unpaired) electrons. The van der Waals surface area contributed by atoms with E-state index in [4.69, 9.17) is 19.7 Å². The Bertz CT molecular complexity index is 1120. The molecule has 3 rings (SSSR count). The summed E-state index contributed by atoms with van der Waals surface area (Å²) in [7, 11) is -3.64. The van der Waals surface area contributed by atoms with E-state index in [-0.39, 0.29) is 18.6 Å². The maximum Gasteiger partial charge on any atom is 0.342 e. The van der Waals surface area contributed by atoms with E-state index in [0.29, 0.717) is 29.3 Å². The van der Waals surface area contributed by atoms with Crippen molar-refractivity contribution in [1.29, 1.82) is 0 Å². The number of hydrogen-bond acceptors (Lipinski definition) is 9. The van der Waals surface area contributed by atoms with Gasteiger partial charge in [0.1, 0.15) is 30.0 Å². The Hall–Kier alpha value is -3.01. The number of nitrogens with one attached hydrogen (secondary N) is 1. The summed E-state index contributed by atoms with van der Waals surface area (Å²) in [5.41, 5.74) is 6.91. The number of carbonyl (C=O) groups excluding carboxylic acids is 1. The number of hydrogen-bond donors (Lipinski definition) is 2. The second-order valence-electron chi connectivity index (χ2n) is 7.85. The number of rotatable bonds is 11. The molecule has 33 heavy (non-hydrogen) atoms. The van der Waals surface area contributed by atoms with E-state index in [1.165, 1.54) is 6.33 Å². The van der Waals surface area contributed by atoms with Crippen molar-refractivity contribution in [2.45, 2.75) is 52.5 Å². The van der Waals surface area contributed by atoms with Gasteiger partial charge in [-0.25, -0.2) is 20.0 Å². The summed E-state index contributed by atoms with van der Waals surface area (Å²) in [5.74, 6) is 0.151. The fourth-order valence-corrected chi connectivity index (χ4v) is 4.80. The maximum atomic E-state index is 13.6. The van der Waals surface area contributed by atoms with Gasteiger partial charge in [-0.15, -0.1) is 0 Å². The number of benzene rings is 1. The summed E-state index contributed by atoms with van der Waals surface area (Å²) in [6, 6.07) is 7.83. The van der Waals surface area contributed by atoms with Gasteiger partial charge in [-0.1, -0.05) is 18.2 Å². The number of carbonyl (C=O) groups is 1. The second kappa shape index (κ2) is 10.7. The van der Waals surface area contributed by atoms with E-state index in [1.54, 1.807) is 55.9 Å². The molecular formula is C21H29N6O5P. The molecule has 3 atom stereocenters. The first-order valence-electron chi connectivity index (χ1n) is 10.5. The first-order chi connectivity index (χ1) is 15.7. The third-order valence-electron chi connectivity index (χ3n) is 4.50. The molecule has 11 nitrogen and oxygen atoms in total. The Morgan fingerprint density at radius 2 is 1.88 bits per heavy atom. The molecular weight excluding hydrogens is 447 g/mol. The van der Waals surface area contributed by atoms with Crippen LogP contribution in [-0.2, 0) is 25.4 Å². The van der Waals surface area contributed by atoms with Crippen molar-refractivity contribution < 1.29 is 23.4 Å². The van der Waals surface area contributed by atoms with Gasteiger partial charge >= 0.3 is 13.5 Å². The van der Waals surface area contributed by atoms with Gasteiger partial charge in [0.2, 0.25) is 0 Å². The molecule has 2 heterocycles. The molecule has 0 aliphatic heterocycles. The number of anilines is 1. The zero-order valence-electron chi connectivity index (χ0n) is 19.0. The average Bonchev–Trinajstić information content (AvgIpc) is 3.16. The standard InChI is InChI=1S/C21H29N6O5P/c1-14(2)31-21(28)16(4)26-33(29,32-17-8-6-5-7-9-17)13-30-15(3)10-27-12-25-18-19(22)23-11-24-20(18)27/h5-9,11-12,14-16H,10,13H2,1-4H3,(H,26,29)(H2,22,23,24)/t15?,16-,33-/m0/s1. The number of esters is 1. The summed E-state index contributed by atoms with van der Waals surface area (Å²) < 4.78 is 32.2. The van der Waals surface area contributed by atoms with Crippen LogP contribution in [0.3, 0.4) is 0 Å².